The molecule has 1 aromatic rings. The summed E-state index contributed by atoms with van der Waals surface area (Å²) >= 11 is 6.04. The lowest BCUT2D eigenvalue weighted by Crippen LogP contribution is -2.53. The van der Waals surface area contributed by atoms with Gasteiger partial charge in [-0.05, 0) is 37.5 Å². The highest BCUT2D eigenvalue weighted by Gasteiger charge is 2.54. The molecule has 7 heteroatoms. The molecule has 2 fully saturated rings. The Morgan fingerprint density at radius 2 is 2.22 bits per heavy atom. The predicted octanol–water partition coefficient (Wildman–Crippen LogP) is 1.76. The fourth-order valence-electron chi connectivity index (χ4n) is 3.49. The second kappa shape index (κ2) is 5.85. The highest BCUT2D eigenvalue weighted by atomic mass is 35.5. The molecule has 1 saturated carbocycles. The van der Waals surface area contributed by atoms with Gasteiger partial charge in [0.15, 0.2) is 0 Å². The molecule has 3 rings (SSSR count). The molecule has 1 aromatic carbocycles. The topological polar surface area (TPSA) is 87.3 Å². The van der Waals surface area contributed by atoms with E-state index >= 15 is 0 Å². The van der Waals surface area contributed by atoms with E-state index in [0.717, 1.165) is 18.4 Å². The molecule has 1 heterocycles. The van der Waals surface area contributed by atoms with E-state index in [2.05, 4.69) is 16.0 Å². The lowest BCUT2D eigenvalue weighted by atomic mass is 9.87. The zero-order valence-electron chi connectivity index (χ0n) is 12.7. The van der Waals surface area contributed by atoms with Crippen LogP contribution in [-0.2, 0) is 4.79 Å². The van der Waals surface area contributed by atoms with Crippen molar-refractivity contribution in [2.24, 2.45) is 5.92 Å². The summed E-state index contributed by atoms with van der Waals surface area (Å²) in [5, 5.41) is 8.44. The average Bonchev–Trinajstić information content (AvgIpc) is 3.03. The summed E-state index contributed by atoms with van der Waals surface area (Å²) in [6, 6.07) is 4.72. The average molecular weight is 336 g/mol. The third-order valence-electron chi connectivity index (χ3n) is 4.81. The Morgan fingerprint density at radius 1 is 1.43 bits per heavy atom. The van der Waals surface area contributed by atoms with Gasteiger partial charge in [-0.2, -0.15) is 0 Å². The number of halogens is 1. The molecule has 4 amide bonds. The highest BCUT2D eigenvalue weighted by Crippen LogP contribution is 2.37. The number of benzene rings is 1. The second-order valence-electron chi connectivity index (χ2n) is 6.09. The summed E-state index contributed by atoms with van der Waals surface area (Å²) < 4.78 is 0. The van der Waals surface area contributed by atoms with Gasteiger partial charge in [0.2, 0.25) is 0 Å². The molecule has 0 radical (unpaired) electrons. The first-order chi connectivity index (χ1) is 10.9. The molecule has 23 heavy (non-hydrogen) atoms. The summed E-state index contributed by atoms with van der Waals surface area (Å²) in [5.41, 5.74) is 0.359. The van der Waals surface area contributed by atoms with Gasteiger partial charge < -0.3 is 10.6 Å². The number of hydrogen-bond acceptors (Lipinski definition) is 3. The standard InChI is InChI=1S/C16H18ClN3O3/c1-9-11(5-2-6-12(9)17)13(21)18-8-10-4-3-7-16(10)14(22)19-15(23)20-16/h2,5-6,10H,3-4,7-8H2,1H3,(H,18,21)(H2,19,20,22,23)/t10-,16-/m1/s1. The minimum atomic E-state index is -0.881. The largest absolute Gasteiger partial charge is 0.352 e. The number of hydrogen-bond donors (Lipinski definition) is 3. The van der Waals surface area contributed by atoms with Crippen molar-refractivity contribution in [3.05, 3.63) is 34.3 Å². The number of carbonyl (C=O) groups excluding carboxylic acids is 3. The van der Waals surface area contributed by atoms with Crippen LogP contribution in [0.3, 0.4) is 0 Å². The van der Waals surface area contributed by atoms with Crippen LogP contribution in [0.4, 0.5) is 4.79 Å². The van der Waals surface area contributed by atoms with Crippen molar-refractivity contribution in [2.75, 3.05) is 6.54 Å². The maximum absolute atomic E-state index is 12.4. The van der Waals surface area contributed by atoms with Crippen LogP contribution >= 0.6 is 11.6 Å². The van der Waals surface area contributed by atoms with E-state index in [4.69, 9.17) is 11.6 Å². The Balaban J connectivity index is 1.70. The Labute approximate surface area is 139 Å². The zero-order chi connectivity index (χ0) is 16.6. The van der Waals surface area contributed by atoms with Crippen LogP contribution in [0.2, 0.25) is 5.02 Å². The smallest absolute Gasteiger partial charge is 0.322 e. The Hall–Kier alpha value is -2.08. The fourth-order valence-corrected chi connectivity index (χ4v) is 3.66. The first-order valence-electron chi connectivity index (χ1n) is 7.61. The van der Waals surface area contributed by atoms with Crippen LogP contribution in [0.15, 0.2) is 18.2 Å². The number of amides is 4. The number of rotatable bonds is 3. The molecule has 1 spiro atoms. The van der Waals surface area contributed by atoms with Crippen molar-refractivity contribution >= 4 is 29.4 Å². The lowest BCUT2D eigenvalue weighted by Gasteiger charge is -2.28. The van der Waals surface area contributed by atoms with Crippen molar-refractivity contribution in [2.45, 2.75) is 31.7 Å². The fraction of sp³-hybridized carbons (Fsp3) is 0.438. The van der Waals surface area contributed by atoms with Gasteiger partial charge in [-0.15, -0.1) is 0 Å². The maximum Gasteiger partial charge on any atom is 0.322 e. The van der Waals surface area contributed by atoms with E-state index in [1.54, 1.807) is 25.1 Å². The first kappa shape index (κ1) is 15.8. The molecule has 3 N–H and O–H groups in total. The zero-order valence-corrected chi connectivity index (χ0v) is 13.5. The van der Waals surface area contributed by atoms with Gasteiger partial charge in [0.25, 0.3) is 11.8 Å². The van der Waals surface area contributed by atoms with Crippen LogP contribution in [0.5, 0.6) is 0 Å². The van der Waals surface area contributed by atoms with Gasteiger partial charge in [-0.25, -0.2) is 4.79 Å². The van der Waals surface area contributed by atoms with Gasteiger partial charge in [0.05, 0.1) is 0 Å². The van der Waals surface area contributed by atoms with Crippen LogP contribution in [0.1, 0.15) is 35.2 Å². The molecule has 2 aliphatic rings. The van der Waals surface area contributed by atoms with Crippen LogP contribution in [-0.4, -0.2) is 29.9 Å². The summed E-state index contributed by atoms with van der Waals surface area (Å²) in [7, 11) is 0. The molecule has 0 bridgehead atoms. The lowest BCUT2D eigenvalue weighted by molar-refractivity contribution is -0.125. The van der Waals surface area contributed by atoms with E-state index in [0.29, 0.717) is 23.6 Å². The van der Waals surface area contributed by atoms with Crippen molar-refractivity contribution in [1.82, 2.24) is 16.0 Å². The summed E-state index contributed by atoms with van der Waals surface area (Å²) in [4.78, 5) is 35.9. The van der Waals surface area contributed by atoms with Gasteiger partial charge in [0, 0.05) is 23.0 Å². The summed E-state index contributed by atoms with van der Waals surface area (Å²) in [6.07, 6.45) is 2.22. The second-order valence-corrected chi connectivity index (χ2v) is 6.50. The van der Waals surface area contributed by atoms with Gasteiger partial charge in [-0.3, -0.25) is 14.9 Å². The third-order valence-corrected chi connectivity index (χ3v) is 5.22. The van der Waals surface area contributed by atoms with E-state index in [9.17, 15) is 14.4 Å². The third kappa shape index (κ3) is 2.67. The minimum absolute atomic E-state index is 0.114. The van der Waals surface area contributed by atoms with Crippen molar-refractivity contribution < 1.29 is 14.4 Å². The van der Waals surface area contributed by atoms with Crippen molar-refractivity contribution in [1.29, 1.82) is 0 Å². The molecule has 1 aliphatic carbocycles. The molecule has 122 valence electrons. The van der Waals surface area contributed by atoms with Crippen LogP contribution in [0.25, 0.3) is 0 Å². The van der Waals surface area contributed by atoms with Crippen molar-refractivity contribution in [3.63, 3.8) is 0 Å². The number of imide groups is 1. The van der Waals surface area contributed by atoms with Crippen molar-refractivity contribution in [3.8, 4) is 0 Å². The highest BCUT2D eigenvalue weighted by molar-refractivity contribution is 6.31. The molecular weight excluding hydrogens is 318 g/mol. The Bertz CT molecular complexity index is 691. The molecule has 6 nitrogen and oxygen atoms in total. The molecule has 2 atom stereocenters. The van der Waals surface area contributed by atoms with Crippen LogP contribution < -0.4 is 16.0 Å². The molecule has 0 aromatic heterocycles. The SMILES string of the molecule is Cc1c(Cl)cccc1C(=O)NC[C@H]1CCC[C@@]12NC(=O)NC2=O. The van der Waals surface area contributed by atoms with Gasteiger partial charge in [0.1, 0.15) is 5.54 Å². The monoisotopic (exact) mass is 335 g/mol. The Kier molecular flexibility index (Phi) is 4.02. The molecule has 1 saturated heterocycles. The van der Waals surface area contributed by atoms with E-state index < -0.39 is 11.6 Å². The minimum Gasteiger partial charge on any atom is -0.352 e. The molecular formula is C16H18ClN3O3. The predicted molar refractivity (Wildman–Crippen MR) is 85.3 cm³/mol. The summed E-state index contributed by atoms with van der Waals surface area (Å²) in [5.74, 6) is -0.632. The maximum atomic E-state index is 12.4. The quantitative estimate of drug-likeness (QED) is 0.735. The van der Waals surface area contributed by atoms with Gasteiger partial charge >= 0.3 is 6.03 Å². The van der Waals surface area contributed by atoms with E-state index in [1.165, 1.54) is 0 Å². The number of urea groups is 1. The Morgan fingerprint density at radius 3 is 2.91 bits per heavy atom. The number of nitrogens with one attached hydrogen (secondary N) is 3. The summed E-state index contributed by atoms with van der Waals surface area (Å²) in [6.45, 7) is 2.12. The number of carbonyl (C=O) groups is 3. The van der Waals surface area contributed by atoms with E-state index in [1.807, 2.05) is 0 Å². The first-order valence-corrected chi connectivity index (χ1v) is 7.99. The normalized spacial score (nSPS) is 26.3. The molecule has 0 unspecified atom stereocenters. The van der Waals surface area contributed by atoms with E-state index in [-0.39, 0.29) is 17.7 Å². The van der Waals surface area contributed by atoms with Crippen LogP contribution in [0, 0.1) is 12.8 Å². The molecule has 1 aliphatic heterocycles. The van der Waals surface area contributed by atoms with Gasteiger partial charge in [-0.1, -0.05) is 24.1 Å².